The molecular formula is C105H87BCuN11O3P2Pt+3. The number of carbonyl (C=O) groups excluding carboxylic acids is 1. The Morgan fingerprint density at radius 3 is 1.86 bits per heavy atom. The number of ether oxygens (including phenoxy) is 1. The Balaban J connectivity index is 0.000000122. The maximum atomic E-state index is 10.0. The van der Waals surface area contributed by atoms with E-state index >= 15 is 0 Å². The summed E-state index contributed by atoms with van der Waals surface area (Å²) in [6.45, 7) is 5.60. The molecule has 0 bridgehead atoms. The van der Waals surface area contributed by atoms with Gasteiger partial charge in [0.25, 0.3) is 18.8 Å². The molecule has 124 heavy (non-hydrogen) atoms. The number of hydrogen-bond donors (Lipinski definition) is 2. The number of carbonyl (C=O) groups is 1. The van der Waals surface area contributed by atoms with Gasteiger partial charge in [0.1, 0.15) is 54.0 Å². The van der Waals surface area contributed by atoms with Crippen molar-refractivity contribution < 1.29 is 66.5 Å². The number of aliphatic hydroxyl groups excluding tert-OH is 1. The zero-order valence-electron chi connectivity index (χ0n) is 68.0. The number of ketones is 1. The van der Waals surface area contributed by atoms with Crippen LogP contribution < -0.4 is 61.0 Å². The van der Waals surface area contributed by atoms with Gasteiger partial charge < -0.3 is 30.2 Å². The number of nitrogens with one attached hydrogen (secondary N) is 1. The van der Waals surface area contributed by atoms with Crippen LogP contribution in [0.25, 0.3) is 89.7 Å². The van der Waals surface area contributed by atoms with E-state index in [1.165, 1.54) is 119 Å². The van der Waals surface area contributed by atoms with Gasteiger partial charge >= 0.3 is 17.1 Å². The fourth-order valence-electron chi connectivity index (χ4n) is 15.0. The summed E-state index contributed by atoms with van der Waals surface area (Å²) in [5, 5.41) is 28.9. The van der Waals surface area contributed by atoms with Crippen LogP contribution in [0.2, 0.25) is 0 Å². The van der Waals surface area contributed by atoms with Gasteiger partial charge in [0.15, 0.2) is 39.8 Å². The Morgan fingerprint density at radius 1 is 0.573 bits per heavy atom. The van der Waals surface area contributed by atoms with Crippen molar-refractivity contribution in [1.29, 1.82) is 0 Å². The summed E-state index contributed by atoms with van der Waals surface area (Å²) in [6.07, 6.45) is 14.9. The second-order valence-electron chi connectivity index (χ2n) is 28.7. The number of hydrogen-bond acceptors (Lipinski definition) is 8. The van der Waals surface area contributed by atoms with Gasteiger partial charge in [-0.15, -0.1) is 41.9 Å². The van der Waals surface area contributed by atoms with Crippen LogP contribution in [0.3, 0.4) is 0 Å². The molecule has 611 valence electrons. The normalized spacial score (nSPS) is 12.1. The third-order valence-electron chi connectivity index (χ3n) is 20.4. The monoisotopic (exact) mass is 1880 g/mol. The average molecular weight is 1880 g/mol. The average Bonchev–Trinajstić information content (AvgIpc) is 1.55. The van der Waals surface area contributed by atoms with E-state index in [0.717, 1.165) is 53.8 Å². The summed E-state index contributed by atoms with van der Waals surface area (Å²) < 4.78 is 18.4. The minimum atomic E-state index is -1.22. The van der Waals surface area contributed by atoms with Gasteiger partial charge in [-0.2, -0.15) is 13.5 Å². The molecule has 1 atom stereocenters. The standard InChI is InChI=1S/C30H24OP2.C20H15N2.C16H11N2.C13H9N4.C11H8N.C10H11BN2.C5H8O2.Cu.Pt/c1-4-14-24(15-5-1)32-29-22-12-10-20-27(29)31-28-21-11-13-23-30(28)33(25-16-6-2-7-17-25)26-18-8-3-9-19-26;1-2-9-16(10-3-1)22-19-13-7-6-12-18(19)21-14-15-8-4-5-11-17(15)20(21)22;1-2-7-14-13(6-1)17-9-8-11-4-3-5-12-10-18(14)16(17)15(11)12;1-2-6-10(7-3-1)12-15-13(17-16-12)11-8-4-5-9-14-11;1-2-6-10(7-3-1)11-8-4-5-9-12-11;1-4-8-13-9-12-7-3-2-6-11-10(13)5-1;1-4(6)3-5(2)7;;/h1-23,32H;1-13H,14H2;1-9H,10H2;1-9H;1-6,8-9H;1-8,12H,9H2;3,6H,1-2H3;;/q;2*+1;2*-1;+1;;+1;/p+1/b;;;;;6-2-,7-3-;4-3-;;. The Hall–Kier alpha value is -13.7. The molecule has 1 unspecified atom stereocenters. The predicted octanol–water partition coefficient (Wildman–Crippen LogP) is 18.1. The zero-order valence-corrected chi connectivity index (χ0v) is 73.3. The van der Waals surface area contributed by atoms with Crippen molar-refractivity contribution >= 4 is 100 Å². The molecule has 10 heterocycles. The van der Waals surface area contributed by atoms with Crippen molar-refractivity contribution in [1.82, 2.24) is 39.4 Å². The van der Waals surface area contributed by atoms with E-state index in [1.807, 2.05) is 127 Å². The first-order valence-electron chi connectivity index (χ1n) is 40.4. The predicted molar refractivity (Wildman–Crippen MR) is 500 cm³/mol. The number of aromatic nitrogens is 10. The van der Waals surface area contributed by atoms with Gasteiger partial charge in [0.05, 0.1) is 34.4 Å². The molecule has 19 aromatic rings. The van der Waals surface area contributed by atoms with Gasteiger partial charge in [0.2, 0.25) is 6.67 Å². The third kappa shape index (κ3) is 21.3. The van der Waals surface area contributed by atoms with Crippen LogP contribution in [-0.4, -0.2) is 47.2 Å². The quantitative estimate of drug-likeness (QED) is 0.0305. The van der Waals surface area contributed by atoms with Gasteiger partial charge in [-0.25, -0.2) is 9.13 Å². The van der Waals surface area contributed by atoms with Crippen molar-refractivity contribution in [2.75, 3.05) is 0 Å². The van der Waals surface area contributed by atoms with Crippen LogP contribution in [0.1, 0.15) is 25.0 Å². The molecule has 1 radical (unpaired) electrons. The fraction of sp³-hybridized carbons (Fsp3) is 0.0476. The molecule has 12 aromatic carbocycles. The van der Waals surface area contributed by atoms with Crippen LogP contribution in [0.15, 0.2) is 437 Å². The van der Waals surface area contributed by atoms with E-state index in [0.29, 0.717) is 20.2 Å². The summed E-state index contributed by atoms with van der Waals surface area (Å²) in [6, 6.07) is 133. The molecule has 3 aliphatic heterocycles. The van der Waals surface area contributed by atoms with Gasteiger partial charge in [0, 0.05) is 68.2 Å². The van der Waals surface area contributed by atoms with Gasteiger partial charge in [-0.05, 0) is 163 Å². The van der Waals surface area contributed by atoms with Crippen LogP contribution in [-0.2, 0) is 62.7 Å². The van der Waals surface area contributed by atoms with E-state index < -0.39 is 7.92 Å². The molecule has 0 amide bonds. The number of fused-ring (bicyclic) bond motifs is 9. The molecule has 0 spiro atoms. The summed E-state index contributed by atoms with van der Waals surface area (Å²) in [5.41, 5.74) is 16.8. The van der Waals surface area contributed by atoms with E-state index in [-0.39, 0.29) is 49.7 Å². The number of rotatable bonds is 12. The second-order valence-corrected chi connectivity index (χ2v) is 32.5. The number of allylic oxidation sites excluding steroid dienone is 4. The summed E-state index contributed by atoms with van der Waals surface area (Å²) in [4.78, 5) is 22.8. The third-order valence-corrected chi connectivity index (χ3v) is 24.4. The topological polar surface area (TPSA) is 145 Å². The van der Waals surface area contributed by atoms with E-state index in [4.69, 9.17) is 9.84 Å². The minimum absolute atomic E-state index is 0. The van der Waals surface area contributed by atoms with E-state index in [9.17, 15) is 4.79 Å². The Kier molecular flexibility index (Phi) is 30.2. The van der Waals surface area contributed by atoms with E-state index in [2.05, 4.69) is 352 Å². The Labute approximate surface area is 750 Å². The molecule has 22 rings (SSSR count). The van der Waals surface area contributed by atoms with Crippen molar-refractivity contribution in [2.24, 2.45) is 0 Å². The number of nitrogens with zero attached hydrogens (tertiary/aromatic N) is 10. The number of aliphatic hydroxyl groups is 1. The first-order chi connectivity index (χ1) is 60.2. The minimum Gasteiger partial charge on any atom is -0.512 e. The maximum absolute atomic E-state index is 10.0. The molecule has 2 N–H and O–H groups in total. The Bertz CT molecular complexity index is 6680. The fourth-order valence-corrected chi connectivity index (χ4v) is 18.7. The number of pyridine rings is 4. The SMILES string of the molecule is CC(=O)/C=C(/C)O.[B]1/C=C\C=C/NC[n+]2ccccc21.[Cu+].[Pt].[c-]1ccccc1-c1ccccn1.c1cc2c3c(c1)ccn1c4ccccc4[n+](c31)C2.c1ccc(-c2n[n-]c(-c3ccccn3)n2)cc1.c1ccc(-n2c3[n+](c4ccccc42)Cc2ccccc2-3)cc1.c1ccc(Pc2ccccc2Oc2ccccc2[PH+](c2ccccc2)c2ccccc2)cc1. The number of benzene rings is 12. The largest absolute Gasteiger partial charge is 1.00 e. The summed E-state index contributed by atoms with van der Waals surface area (Å²) >= 11 is 0. The van der Waals surface area contributed by atoms with Crippen molar-refractivity contribution in [2.45, 2.75) is 33.6 Å². The van der Waals surface area contributed by atoms with Crippen LogP contribution >= 0.6 is 16.5 Å². The van der Waals surface area contributed by atoms with Crippen molar-refractivity contribution in [3.63, 3.8) is 0 Å². The maximum Gasteiger partial charge on any atom is 1.00 e. The first kappa shape index (κ1) is 86.7. The first-order valence-corrected chi connectivity index (χ1v) is 42.9. The molecular weight excluding hydrogens is 1790 g/mol. The van der Waals surface area contributed by atoms with Gasteiger partial charge in [-0.1, -0.05) is 245 Å². The molecule has 14 nitrogen and oxygen atoms in total. The van der Waals surface area contributed by atoms with Crippen molar-refractivity contribution in [3.05, 3.63) is 454 Å². The molecule has 3 aliphatic rings. The molecule has 19 heteroatoms. The molecule has 7 aromatic heterocycles. The zero-order chi connectivity index (χ0) is 83.0. The van der Waals surface area contributed by atoms with Gasteiger partial charge in [-0.3, -0.25) is 14.9 Å². The van der Waals surface area contributed by atoms with Crippen molar-refractivity contribution in [3.8, 4) is 62.7 Å². The van der Waals surface area contributed by atoms with Crippen LogP contribution in [0.4, 0.5) is 0 Å². The molecule has 0 saturated heterocycles. The molecule has 0 fully saturated rings. The Morgan fingerprint density at radius 2 is 1.17 bits per heavy atom. The van der Waals surface area contributed by atoms with Crippen LogP contribution in [0, 0.1) is 6.07 Å². The molecule has 0 saturated carbocycles. The second kappa shape index (κ2) is 43.2. The summed E-state index contributed by atoms with van der Waals surface area (Å²) in [5.74, 6) is 6.31. The number of para-hydroxylation sites is 7. The number of imidazole rings is 2. The summed E-state index contributed by atoms with van der Waals surface area (Å²) in [7, 11) is 1.42. The smallest absolute Gasteiger partial charge is 0.512 e. The van der Waals surface area contributed by atoms with E-state index in [1.54, 1.807) is 12.4 Å². The van der Waals surface area contributed by atoms with Crippen LogP contribution in [0.5, 0.6) is 11.5 Å². The molecule has 0 aliphatic carbocycles.